The number of pyridine rings is 1. The Balaban J connectivity index is 1.39. The first-order valence-corrected chi connectivity index (χ1v) is 12.5. The van der Waals surface area contributed by atoms with E-state index in [2.05, 4.69) is 10.3 Å². The molecule has 1 saturated heterocycles. The molecule has 3 heterocycles. The van der Waals surface area contributed by atoms with Crippen LogP contribution in [-0.2, 0) is 16.6 Å². The van der Waals surface area contributed by atoms with Gasteiger partial charge in [-0.1, -0.05) is 12.1 Å². The fourth-order valence-corrected chi connectivity index (χ4v) is 5.89. The van der Waals surface area contributed by atoms with Crippen LogP contribution in [0, 0.1) is 0 Å². The summed E-state index contributed by atoms with van der Waals surface area (Å²) in [6.45, 7) is 2.27. The number of fused-ring (bicyclic) bond motifs is 1. The number of imidazole rings is 1. The highest BCUT2D eigenvalue weighted by Gasteiger charge is 2.41. The average Bonchev–Trinajstić information content (AvgIpc) is 3.27. The normalized spacial score (nSPS) is 20.3. The van der Waals surface area contributed by atoms with Gasteiger partial charge in [0.05, 0.1) is 17.0 Å². The standard InChI is InChI=1S/C23H26F3N5O3S/c1-16-12-30(13-17(2)31(16)15-23(24,25)26)35(33,34)20-6-3-18(4-7-20)11-28-22(32)19-5-8-21-27-9-10-29(21)14-19/h3-10,14,16-17H,11-13,15H2,1-2H3,(H,28,32). The van der Waals surface area contributed by atoms with E-state index in [1.54, 1.807) is 61.1 Å². The van der Waals surface area contributed by atoms with E-state index in [9.17, 15) is 26.4 Å². The number of hydrogen-bond donors (Lipinski definition) is 1. The maximum Gasteiger partial charge on any atom is 0.401 e. The molecule has 0 spiro atoms. The molecule has 0 saturated carbocycles. The minimum Gasteiger partial charge on any atom is -0.348 e. The SMILES string of the molecule is CC1CN(S(=O)(=O)c2ccc(CNC(=O)c3ccc4nccn4c3)cc2)CC(C)N1CC(F)(F)F. The molecule has 1 aliphatic rings. The van der Waals surface area contributed by atoms with Crippen LogP contribution < -0.4 is 5.32 Å². The fourth-order valence-electron chi connectivity index (χ4n) is 4.29. The number of sulfonamides is 1. The zero-order chi connectivity index (χ0) is 25.4. The minimum absolute atomic E-state index is 0.0260. The summed E-state index contributed by atoms with van der Waals surface area (Å²) in [5.41, 5.74) is 1.89. The van der Waals surface area contributed by atoms with Gasteiger partial charge < -0.3 is 9.72 Å². The fraction of sp³-hybridized carbons (Fsp3) is 0.391. The zero-order valence-corrected chi connectivity index (χ0v) is 20.1. The van der Waals surface area contributed by atoms with Crippen LogP contribution in [0.5, 0.6) is 0 Å². The van der Waals surface area contributed by atoms with Gasteiger partial charge in [0.2, 0.25) is 10.0 Å². The Hall–Kier alpha value is -2.96. The predicted octanol–water partition coefficient (Wildman–Crippen LogP) is 2.91. The minimum atomic E-state index is -4.35. The number of nitrogens with zero attached hydrogens (tertiary/aromatic N) is 4. The Morgan fingerprint density at radius 2 is 1.74 bits per heavy atom. The summed E-state index contributed by atoms with van der Waals surface area (Å²) in [5.74, 6) is -0.281. The van der Waals surface area contributed by atoms with Crippen molar-refractivity contribution in [3.05, 3.63) is 66.1 Å². The lowest BCUT2D eigenvalue weighted by Gasteiger charge is -2.43. The van der Waals surface area contributed by atoms with Crippen LogP contribution in [0.3, 0.4) is 0 Å². The number of amides is 1. The van der Waals surface area contributed by atoms with Gasteiger partial charge in [0, 0.05) is 50.3 Å². The lowest BCUT2D eigenvalue weighted by atomic mass is 10.1. The highest BCUT2D eigenvalue weighted by atomic mass is 32.2. The summed E-state index contributed by atoms with van der Waals surface area (Å²) in [7, 11) is -3.87. The number of halogens is 3. The van der Waals surface area contributed by atoms with E-state index in [-0.39, 0.29) is 30.4 Å². The van der Waals surface area contributed by atoms with Crippen molar-refractivity contribution in [3.63, 3.8) is 0 Å². The second kappa shape index (κ2) is 9.59. The van der Waals surface area contributed by atoms with E-state index in [4.69, 9.17) is 0 Å². The van der Waals surface area contributed by atoms with Crippen molar-refractivity contribution in [2.75, 3.05) is 19.6 Å². The Morgan fingerprint density at radius 1 is 1.09 bits per heavy atom. The number of piperazine rings is 1. The van der Waals surface area contributed by atoms with E-state index < -0.39 is 34.8 Å². The maximum atomic E-state index is 13.1. The van der Waals surface area contributed by atoms with Crippen molar-refractivity contribution < 1.29 is 26.4 Å². The molecule has 2 aromatic heterocycles. The molecular formula is C23H26F3N5O3S. The van der Waals surface area contributed by atoms with E-state index in [0.29, 0.717) is 11.1 Å². The Kier molecular flexibility index (Phi) is 6.89. The predicted molar refractivity (Wildman–Crippen MR) is 123 cm³/mol. The van der Waals surface area contributed by atoms with Gasteiger partial charge in [-0.15, -0.1) is 0 Å². The van der Waals surface area contributed by atoms with E-state index in [0.717, 1.165) is 5.65 Å². The van der Waals surface area contributed by atoms with Gasteiger partial charge in [0.25, 0.3) is 5.91 Å². The van der Waals surface area contributed by atoms with Crippen LogP contribution in [0.1, 0.15) is 29.8 Å². The summed E-state index contributed by atoms with van der Waals surface area (Å²) in [4.78, 5) is 17.9. The van der Waals surface area contributed by atoms with Crippen LogP contribution in [0.25, 0.3) is 5.65 Å². The molecule has 1 amide bonds. The highest BCUT2D eigenvalue weighted by molar-refractivity contribution is 7.89. The molecule has 35 heavy (non-hydrogen) atoms. The second-order valence-electron chi connectivity index (χ2n) is 8.74. The monoisotopic (exact) mass is 509 g/mol. The van der Waals surface area contributed by atoms with Crippen LogP contribution >= 0.6 is 0 Å². The van der Waals surface area contributed by atoms with Crippen molar-refractivity contribution >= 4 is 21.6 Å². The van der Waals surface area contributed by atoms with Crippen LogP contribution in [0.4, 0.5) is 13.2 Å². The van der Waals surface area contributed by atoms with E-state index >= 15 is 0 Å². The van der Waals surface area contributed by atoms with Gasteiger partial charge >= 0.3 is 6.18 Å². The number of carbonyl (C=O) groups is 1. The lowest BCUT2D eigenvalue weighted by Crippen LogP contribution is -2.59. The number of carbonyl (C=O) groups excluding carboxylic acids is 1. The first kappa shape index (κ1) is 25.1. The molecule has 4 rings (SSSR count). The smallest absolute Gasteiger partial charge is 0.348 e. The average molecular weight is 510 g/mol. The molecular weight excluding hydrogens is 483 g/mol. The van der Waals surface area contributed by atoms with Crippen molar-refractivity contribution in [1.82, 2.24) is 23.9 Å². The van der Waals surface area contributed by atoms with Crippen LogP contribution in [0.15, 0.2) is 59.9 Å². The maximum absolute atomic E-state index is 13.1. The van der Waals surface area contributed by atoms with Gasteiger partial charge in [-0.05, 0) is 43.7 Å². The number of aromatic nitrogens is 2. The molecule has 0 bridgehead atoms. The lowest BCUT2D eigenvalue weighted by molar-refractivity contribution is -0.159. The van der Waals surface area contributed by atoms with Crippen LogP contribution in [0.2, 0.25) is 0 Å². The van der Waals surface area contributed by atoms with Crippen molar-refractivity contribution in [3.8, 4) is 0 Å². The molecule has 1 aliphatic heterocycles. The molecule has 1 aromatic carbocycles. The largest absolute Gasteiger partial charge is 0.401 e. The summed E-state index contributed by atoms with van der Waals surface area (Å²) in [6, 6.07) is 8.37. The van der Waals surface area contributed by atoms with Crippen molar-refractivity contribution in [2.24, 2.45) is 0 Å². The second-order valence-corrected chi connectivity index (χ2v) is 10.7. The first-order valence-electron chi connectivity index (χ1n) is 11.1. The third-order valence-electron chi connectivity index (χ3n) is 6.10. The number of benzene rings is 1. The molecule has 1 N–H and O–H groups in total. The molecule has 188 valence electrons. The molecule has 2 unspecified atom stereocenters. The zero-order valence-electron chi connectivity index (χ0n) is 19.2. The molecule has 3 aromatic rings. The summed E-state index contributed by atoms with van der Waals surface area (Å²) >= 11 is 0. The number of alkyl halides is 3. The van der Waals surface area contributed by atoms with Gasteiger partial charge in [-0.2, -0.15) is 17.5 Å². The van der Waals surface area contributed by atoms with Crippen molar-refractivity contribution in [2.45, 2.75) is 43.5 Å². The molecule has 1 fully saturated rings. The number of rotatable bonds is 6. The summed E-state index contributed by atoms with van der Waals surface area (Å²) < 4.78 is 67.8. The highest BCUT2D eigenvalue weighted by Crippen LogP contribution is 2.27. The van der Waals surface area contributed by atoms with E-state index in [1.165, 1.54) is 21.3 Å². The summed E-state index contributed by atoms with van der Waals surface area (Å²) in [6.07, 6.45) is 0.699. The van der Waals surface area contributed by atoms with Crippen molar-refractivity contribution in [1.29, 1.82) is 0 Å². The molecule has 12 heteroatoms. The first-order chi connectivity index (χ1) is 16.4. The number of nitrogens with one attached hydrogen (secondary N) is 1. The van der Waals surface area contributed by atoms with E-state index in [1.807, 2.05) is 0 Å². The van der Waals surface area contributed by atoms with Gasteiger partial charge in [-0.25, -0.2) is 13.4 Å². The third kappa shape index (κ3) is 5.65. The summed E-state index contributed by atoms with van der Waals surface area (Å²) in [5, 5.41) is 2.80. The molecule has 0 aliphatic carbocycles. The Labute approximate surface area is 201 Å². The van der Waals surface area contributed by atoms with Gasteiger partial charge in [-0.3, -0.25) is 9.69 Å². The van der Waals surface area contributed by atoms with Crippen LogP contribution in [-0.4, -0.2) is 70.8 Å². The molecule has 8 nitrogen and oxygen atoms in total. The molecule has 2 atom stereocenters. The quantitative estimate of drug-likeness (QED) is 0.552. The Bertz CT molecular complexity index is 1300. The Morgan fingerprint density at radius 3 is 2.37 bits per heavy atom. The third-order valence-corrected chi connectivity index (χ3v) is 7.94. The topological polar surface area (TPSA) is 87.0 Å². The van der Waals surface area contributed by atoms with Gasteiger partial charge in [0.1, 0.15) is 5.65 Å². The number of hydrogen-bond acceptors (Lipinski definition) is 5. The van der Waals surface area contributed by atoms with Gasteiger partial charge in [0.15, 0.2) is 0 Å². The molecule has 0 radical (unpaired) electrons.